The number of rotatable bonds is 6. The molecule has 0 aliphatic carbocycles. The van der Waals surface area contributed by atoms with Gasteiger partial charge in [-0.15, -0.1) is 0 Å². The van der Waals surface area contributed by atoms with Crippen LogP contribution in [0.1, 0.15) is 35.3 Å². The van der Waals surface area contributed by atoms with Crippen molar-refractivity contribution in [1.29, 1.82) is 0 Å². The molecule has 0 spiro atoms. The lowest BCUT2D eigenvalue weighted by molar-refractivity contribution is -0.294. The molecular weight excluding hydrogens is 477 g/mol. The number of aliphatic hydroxyl groups excluding tert-OH is 2. The fourth-order valence-electron chi connectivity index (χ4n) is 3.33. The molecule has 1 unspecified atom stereocenters. The van der Waals surface area contributed by atoms with Crippen molar-refractivity contribution < 1.29 is 55.2 Å². The van der Waals surface area contributed by atoms with E-state index in [0.29, 0.717) is 17.7 Å². The Balaban J connectivity index is 1.81. The molecule has 2 aromatic carbocycles. The topological polar surface area (TPSA) is 68.2 Å². The van der Waals surface area contributed by atoms with E-state index in [1.807, 2.05) is 0 Å². The van der Waals surface area contributed by atoms with Crippen LogP contribution in [-0.4, -0.2) is 41.4 Å². The van der Waals surface area contributed by atoms with Crippen LogP contribution in [0.2, 0.25) is 0 Å². The highest BCUT2D eigenvalue weighted by Gasteiger charge is 2.42. The molecule has 1 fully saturated rings. The van der Waals surface area contributed by atoms with Crippen molar-refractivity contribution in [1.82, 2.24) is 0 Å². The number of hydrogen-bond donors (Lipinski definition) is 2. The normalized spacial score (nSPS) is 24.8. The lowest BCUT2D eigenvalue weighted by Crippen LogP contribution is -2.55. The molecule has 5 atom stereocenters. The monoisotopic (exact) mass is 498 g/mol. The van der Waals surface area contributed by atoms with Crippen LogP contribution in [0.4, 0.5) is 30.7 Å². The summed E-state index contributed by atoms with van der Waals surface area (Å²) >= 11 is 0. The smallest absolute Gasteiger partial charge is 0.388 e. The number of alkyl halides is 6. The van der Waals surface area contributed by atoms with E-state index in [1.54, 1.807) is 0 Å². The lowest BCUT2D eigenvalue weighted by Gasteiger charge is -2.39. The Hall–Kier alpha value is -2.25. The Morgan fingerprint density at radius 1 is 0.971 bits per heavy atom. The fraction of sp³-hybridized carbons (Fsp3) is 0.455. The molecule has 0 aromatic heterocycles. The van der Waals surface area contributed by atoms with Crippen molar-refractivity contribution in [2.75, 3.05) is 6.61 Å². The maximum atomic E-state index is 13.2. The standard InChI is InChI=1S/C22H21F7O5/c1-11(13-6-14(21(24,25)26)8-15(7-13)22(27,28)29)34-20-19(18(31)17(30)10-33-20)32-9-12-2-4-16(23)5-3-12/h2-8,11,17-20,30-31H,9-10H2,1H3/t11-,17+,18+,19?,20-/m1/s1. The van der Waals surface area contributed by atoms with Crippen molar-refractivity contribution in [2.24, 2.45) is 0 Å². The molecular formula is C22H21F7O5. The molecule has 3 rings (SSSR count). The zero-order valence-electron chi connectivity index (χ0n) is 17.6. The van der Waals surface area contributed by atoms with E-state index in [2.05, 4.69) is 0 Å². The minimum Gasteiger partial charge on any atom is -0.388 e. The molecule has 0 radical (unpaired) electrons. The minimum atomic E-state index is -5.03. The van der Waals surface area contributed by atoms with Gasteiger partial charge in [0, 0.05) is 0 Å². The quantitative estimate of drug-likeness (QED) is 0.570. The van der Waals surface area contributed by atoms with E-state index in [9.17, 15) is 40.9 Å². The molecule has 1 aliphatic heterocycles. The van der Waals surface area contributed by atoms with E-state index < -0.39 is 72.2 Å². The number of halogens is 7. The van der Waals surface area contributed by atoms with Gasteiger partial charge in [0.15, 0.2) is 6.29 Å². The van der Waals surface area contributed by atoms with Crippen molar-refractivity contribution in [3.05, 3.63) is 70.5 Å². The van der Waals surface area contributed by atoms with Gasteiger partial charge in [-0.05, 0) is 48.4 Å². The molecule has 1 aliphatic rings. The lowest BCUT2D eigenvalue weighted by atomic mass is 10.0. The number of ether oxygens (including phenoxy) is 3. The molecule has 0 bridgehead atoms. The number of hydrogen-bond acceptors (Lipinski definition) is 5. The molecule has 2 aromatic rings. The molecule has 0 amide bonds. The molecule has 188 valence electrons. The predicted molar refractivity (Wildman–Crippen MR) is 103 cm³/mol. The summed E-state index contributed by atoms with van der Waals surface area (Å²) in [6.07, 6.45) is -17.1. The summed E-state index contributed by atoms with van der Waals surface area (Å²) < 4.78 is 108. The van der Waals surface area contributed by atoms with Gasteiger partial charge in [0.05, 0.1) is 30.4 Å². The second kappa shape index (κ2) is 10.2. The van der Waals surface area contributed by atoms with Crippen LogP contribution in [0.25, 0.3) is 0 Å². The highest BCUT2D eigenvalue weighted by atomic mass is 19.4. The van der Waals surface area contributed by atoms with Gasteiger partial charge >= 0.3 is 12.4 Å². The molecule has 12 heteroatoms. The van der Waals surface area contributed by atoms with Crippen LogP contribution in [0, 0.1) is 5.82 Å². The van der Waals surface area contributed by atoms with Crippen molar-refractivity contribution >= 4 is 0 Å². The Labute approximate surface area is 189 Å². The zero-order valence-corrected chi connectivity index (χ0v) is 17.6. The summed E-state index contributed by atoms with van der Waals surface area (Å²) in [4.78, 5) is 0. The Morgan fingerprint density at radius 3 is 2.06 bits per heavy atom. The Kier molecular flexibility index (Phi) is 7.88. The highest BCUT2D eigenvalue weighted by Crippen LogP contribution is 2.38. The van der Waals surface area contributed by atoms with Crippen LogP contribution in [-0.2, 0) is 33.2 Å². The van der Waals surface area contributed by atoms with Gasteiger partial charge in [0.25, 0.3) is 0 Å². The first-order chi connectivity index (χ1) is 15.8. The summed E-state index contributed by atoms with van der Waals surface area (Å²) in [5.74, 6) is -0.491. The van der Waals surface area contributed by atoms with Crippen LogP contribution in [0.15, 0.2) is 42.5 Å². The largest absolute Gasteiger partial charge is 0.416 e. The van der Waals surface area contributed by atoms with Gasteiger partial charge in [-0.1, -0.05) is 12.1 Å². The third kappa shape index (κ3) is 6.45. The molecule has 0 saturated carbocycles. The first kappa shape index (κ1) is 26.4. The van der Waals surface area contributed by atoms with Gasteiger partial charge in [-0.25, -0.2) is 4.39 Å². The number of benzene rings is 2. The first-order valence-corrected chi connectivity index (χ1v) is 10.0. The van der Waals surface area contributed by atoms with Gasteiger partial charge in [0.2, 0.25) is 0 Å². The van der Waals surface area contributed by atoms with E-state index in [1.165, 1.54) is 31.2 Å². The summed E-state index contributed by atoms with van der Waals surface area (Å²) in [5, 5.41) is 20.2. The SMILES string of the molecule is C[C@@H](O[C@H]1OC[C@H](O)[C@H](O)C1OCc1ccc(F)cc1)c1cc(C(F)(F)F)cc(C(F)(F)F)c1. The summed E-state index contributed by atoms with van der Waals surface area (Å²) in [5.41, 5.74) is -2.94. The van der Waals surface area contributed by atoms with E-state index in [4.69, 9.17) is 14.2 Å². The molecule has 5 nitrogen and oxygen atoms in total. The third-order valence-corrected chi connectivity index (χ3v) is 5.20. The molecule has 1 saturated heterocycles. The van der Waals surface area contributed by atoms with Crippen LogP contribution >= 0.6 is 0 Å². The zero-order chi connectivity index (χ0) is 25.3. The van der Waals surface area contributed by atoms with E-state index in [0.717, 1.165) is 0 Å². The second-order valence-corrected chi connectivity index (χ2v) is 7.78. The Bertz CT molecular complexity index is 929. The van der Waals surface area contributed by atoms with E-state index >= 15 is 0 Å². The fourth-order valence-corrected chi connectivity index (χ4v) is 3.33. The maximum absolute atomic E-state index is 13.2. The predicted octanol–water partition coefficient (Wildman–Crippen LogP) is 4.60. The minimum absolute atomic E-state index is 0.00203. The van der Waals surface area contributed by atoms with E-state index in [-0.39, 0.29) is 12.7 Å². The van der Waals surface area contributed by atoms with Crippen LogP contribution in [0.5, 0.6) is 0 Å². The molecule has 2 N–H and O–H groups in total. The summed E-state index contributed by atoms with van der Waals surface area (Å²) in [6.45, 7) is 0.632. The average Bonchev–Trinajstić information content (AvgIpc) is 2.75. The number of aliphatic hydroxyl groups is 2. The van der Waals surface area contributed by atoms with Crippen molar-refractivity contribution in [3.63, 3.8) is 0 Å². The van der Waals surface area contributed by atoms with Gasteiger partial charge in [-0.2, -0.15) is 26.3 Å². The van der Waals surface area contributed by atoms with Gasteiger partial charge in [0.1, 0.15) is 24.1 Å². The van der Waals surface area contributed by atoms with Crippen LogP contribution in [0.3, 0.4) is 0 Å². The average molecular weight is 498 g/mol. The van der Waals surface area contributed by atoms with Crippen molar-refractivity contribution in [3.8, 4) is 0 Å². The summed E-state index contributed by atoms with van der Waals surface area (Å²) in [7, 11) is 0. The highest BCUT2D eigenvalue weighted by molar-refractivity contribution is 5.34. The molecule has 34 heavy (non-hydrogen) atoms. The van der Waals surface area contributed by atoms with Gasteiger partial charge in [-0.3, -0.25) is 0 Å². The Morgan fingerprint density at radius 2 is 1.53 bits per heavy atom. The molecule has 1 heterocycles. The van der Waals surface area contributed by atoms with Gasteiger partial charge < -0.3 is 24.4 Å². The third-order valence-electron chi connectivity index (χ3n) is 5.20. The second-order valence-electron chi connectivity index (χ2n) is 7.78. The first-order valence-electron chi connectivity index (χ1n) is 10.0. The summed E-state index contributed by atoms with van der Waals surface area (Å²) in [6, 6.07) is 6.21. The van der Waals surface area contributed by atoms with Crippen molar-refractivity contribution in [2.45, 2.75) is 56.6 Å². The maximum Gasteiger partial charge on any atom is 0.416 e. The van der Waals surface area contributed by atoms with Crippen LogP contribution < -0.4 is 0 Å².